The van der Waals surface area contributed by atoms with Crippen molar-refractivity contribution < 1.29 is 4.79 Å². The van der Waals surface area contributed by atoms with Crippen molar-refractivity contribution in [1.82, 2.24) is 5.32 Å². The molecule has 0 bridgehead atoms. The molecule has 0 fully saturated rings. The molecule has 0 spiro atoms. The standard InChI is InChI=1S/C13H19NO/c1-3-5-13(15)14-10-12-8-6-11(4-2)7-9-12/h6-9H,3-5,10H2,1-2H3,(H,14,15). The van der Waals surface area contributed by atoms with E-state index in [4.69, 9.17) is 0 Å². The van der Waals surface area contributed by atoms with Gasteiger partial charge >= 0.3 is 0 Å². The zero-order valence-corrected chi connectivity index (χ0v) is 9.55. The highest BCUT2D eigenvalue weighted by Gasteiger charge is 1.98. The van der Waals surface area contributed by atoms with Crippen LogP contribution in [0.3, 0.4) is 0 Å². The second kappa shape index (κ2) is 6.23. The van der Waals surface area contributed by atoms with Gasteiger partial charge in [-0.15, -0.1) is 0 Å². The van der Waals surface area contributed by atoms with Gasteiger partial charge in [-0.3, -0.25) is 4.79 Å². The first kappa shape index (κ1) is 11.8. The highest BCUT2D eigenvalue weighted by Crippen LogP contribution is 2.04. The fourth-order valence-electron chi connectivity index (χ4n) is 1.41. The van der Waals surface area contributed by atoms with E-state index < -0.39 is 0 Å². The number of carbonyl (C=O) groups is 1. The molecule has 1 N–H and O–H groups in total. The van der Waals surface area contributed by atoms with Crippen LogP contribution < -0.4 is 5.32 Å². The van der Waals surface area contributed by atoms with Crippen LogP contribution in [0.1, 0.15) is 37.8 Å². The number of carbonyl (C=O) groups excluding carboxylic acids is 1. The van der Waals surface area contributed by atoms with Crippen LogP contribution in [0.15, 0.2) is 24.3 Å². The Balaban J connectivity index is 2.40. The predicted molar refractivity (Wildman–Crippen MR) is 62.6 cm³/mol. The van der Waals surface area contributed by atoms with E-state index in [0.717, 1.165) is 18.4 Å². The van der Waals surface area contributed by atoms with Gasteiger partial charge < -0.3 is 5.32 Å². The van der Waals surface area contributed by atoms with Crippen LogP contribution in [0.5, 0.6) is 0 Å². The van der Waals surface area contributed by atoms with Gasteiger partial charge in [0.25, 0.3) is 0 Å². The highest BCUT2D eigenvalue weighted by molar-refractivity contribution is 5.75. The Bertz CT molecular complexity index is 303. The molecule has 0 saturated carbocycles. The van der Waals surface area contributed by atoms with E-state index in [2.05, 4.69) is 36.5 Å². The molecule has 1 aromatic carbocycles. The summed E-state index contributed by atoms with van der Waals surface area (Å²) < 4.78 is 0. The maximum Gasteiger partial charge on any atom is 0.220 e. The maximum absolute atomic E-state index is 11.2. The van der Waals surface area contributed by atoms with Crippen LogP contribution in [0.2, 0.25) is 0 Å². The Morgan fingerprint density at radius 3 is 2.27 bits per heavy atom. The number of hydrogen-bond donors (Lipinski definition) is 1. The Kier molecular flexibility index (Phi) is 4.88. The van der Waals surface area contributed by atoms with Crippen molar-refractivity contribution in [3.05, 3.63) is 35.4 Å². The fourth-order valence-corrected chi connectivity index (χ4v) is 1.41. The molecule has 2 heteroatoms. The van der Waals surface area contributed by atoms with E-state index in [1.165, 1.54) is 5.56 Å². The lowest BCUT2D eigenvalue weighted by molar-refractivity contribution is -0.121. The van der Waals surface area contributed by atoms with Crippen molar-refractivity contribution in [2.75, 3.05) is 0 Å². The summed E-state index contributed by atoms with van der Waals surface area (Å²) in [6.07, 6.45) is 2.58. The molecule has 0 atom stereocenters. The lowest BCUT2D eigenvalue weighted by Crippen LogP contribution is -2.21. The van der Waals surface area contributed by atoms with Gasteiger partial charge in [0.2, 0.25) is 5.91 Å². The van der Waals surface area contributed by atoms with Crippen molar-refractivity contribution in [1.29, 1.82) is 0 Å². The molecule has 0 heterocycles. The van der Waals surface area contributed by atoms with Gasteiger partial charge in [-0.2, -0.15) is 0 Å². The predicted octanol–water partition coefficient (Wildman–Crippen LogP) is 2.67. The Labute approximate surface area is 91.7 Å². The van der Waals surface area contributed by atoms with E-state index >= 15 is 0 Å². The molecule has 0 radical (unpaired) electrons. The monoisotopic (exact) mass is 205 g/mol. The van der Waals surface area contributed by atoms with Crippen molar-refractivity contribution in [2.45, 2.75) is 39.7 Å². The third-order valence-corrected chi connectivity index (χ3v) is 2.40. The van der Waals surface area contributed by atoms with Gasteiger partial charge in [0.05, 0.1) is 0 Å². The van der Waals surface area contributed by atoms with Crippen molar-refractivity contribution in [3.63, 3.8) is 0 Å². The maximum atomic E-state index is 11.2. The summed E-state index contributed by atoms with van der Waals surface area (Å²) in [4.78, 5) is 11.2. The molecule has 0 aliphatic rings. The van der Waals surface area contributed by atoms with E-state index in [-0.39, 0.29) is 5.91 Å². The van der Waals surface area contributed by atoms with Gasteiger partial charge in [-0.25, -0.2) is 0 Å². The van der Waals surface area contributed by atoms with Crippen LogP contribution in [0.25, 0.3) is 0 Å². The van der Waals surface area contributed by atoms with Crippen LogP contribution in [0.4, 0.5) is 0 Å². The van der Waals surface area contributed by atoms with E-state index in [0.29, 0.717) is 13.0 Å². The minimum atomic E-state index is 0.136. The topological polar surface area (TPSA) is 29.1 Å². The minimum absolute atomic E-state index is 0.136. The van der Waals surface area contributed by atoms with Gasteiger partial charge in [0.1, 0.15) is 0 Å². The number of aryl methyl sites for hydroxylation is 1. The Hall–Kier alpha value is -1.31. The molecule has 2 nitrogen and oxygen atoms in total. The molecule has 0 aromatic heterocycles. The SMILES string of the molecule is CCCC(=O)NCc1ccc(CC)cc1. The van der Waals surface area contributed by atoms with Crippen molar-refractivity contribution in [3.8, 4) is 0 Å². The molecular formula is C13H19NO. The van der Waals surface area contributed by atoms with Crippen LogP contribution in [-0.2, 0) is 17.8 Å². The number of hydrogen-bond acceptors (Lipinski definition) is 1. The summed E-state index contributed by atoms with van der Waals surface area (Å²) in [5.41, 5.74) is 2.50. The second-order valence-corrected chi connectivity index (χ2v) is 3.70. The van der Waals surface area contributed by atoms with Crippen molar-refractivity contribution in [2.24, 2.45) is 0 Å². The molecule has 0 aliphatic carbocycles. The second-order valence-electron chi connectivity index (χ2n) is 3.70. The third-order valence-electron chi connectivity index (χ3n) is 2.40. The molecule has 1 amide bonds. The van der Waals surface area contributed by atoms with Gasteiger partial charge in [0, 0.05) is 13.0 Å². The summed E-state index contributed by atoms with van der Waals surface area (Å²) in [7, 11) is 0. The Morgan fingerprint density at radius 1 is 1.13 bits per heavy atom. The summed E-state index contributed by atoms with van der Waals surface area (Å²) in [6, 6.07) is 8.37. The molecule has 1 aromatic rings. The minimum Gasteiger partial charge on any atom is -0.352 e. The number of amides is 1. The lowest BCUT2D eigenvalue weighted by atomic mass is 10.1. The van der Waals surface area contributed by atoms with E-state index in [1.807, 2.05) is 6.92 Å². The van der Waals surface area contributed by atoms with Gasteiger partial charge in [-0.05, 0) is 24.0 Å². The average Bonchev–Trinajstić information content (AvgIpc) is 2.27. The van der Waals surface area contributed by atoms with Gasteiger partial charge in [0.15, 0.2) is 0 Å². The molecule has 0 unspecified atom stereocenters. The third kappa shape index (κ3) is 4.15. The summed E-state index contributed by atoms with van der Waals surface area (Å²) in [6.45, 7) is 4.79. The van der Waals surface area contributed by atoms with E-state index in [9.17, 15) is 4.79 Å². The number of nitrogens with one attached hydrogen (secondary N) is 1. The molecule has 82 valence electrons. The zero-order chi connectivity index (χ0) is 11.1. The fraction of sp³-hybridized carbons (Fsp3) is 0.462. The van der Waals surface area contributed by atoms with Gasteiger partial charge in [-0.1, -0.05) is 38.1 Å². The largest absolute Gasteiger partial charge is 0.352 e. The van der Waals surface area contributed by atoms with Crippen LogP contribution in [-0.4, -0.2) is 5.91 Å². The average molecular weight is 205 g/mol. The van der Waals surface area contributed by atoms with E-state index in [1.54, 1.807) is 0 Å². The molecule has 15 heavy (non-hydrogen) atoms. The first-order valence-corrected chi connectivity index (χ1v) is 5.60. The molecule has 0 aliphatic heterocycles. The van der Waals surface area contributed by atoms with Crippen LogP contribution in [0, 0.1) is 0 Å². The molecule has 0 saturated heterocycles. The summed E-state index contributed by atoms with van der Waals surface area (Å²) in [5, 5.41) is 2.90. The van der Waals surface area contributed by atoms with Crippen LogP contribution >= 0.6 is 0 Å². The number of rotatable bonds is 5. The highest BCUT2D eigenvalue weighted by atomic mass is 16.1. The van der Waals surface area contributed by atoms with Crippen molar-refractivity contribution >= 4 is 5.91 Å². The molecule has 1 rings (SSSR count). The Morgan fingerprint density at radius 2 is 1.73 bits per heavy atom. The summed E-state index contributed by atoms with van der Waals surface area (Å²) in [5.74, 6) is 0.136. The first-order valence-electron chi connectivity index (χ1n) is 5.60. The zero-order valence-electron chi connectivity index (χ0n) is 9.55. The summed E-state index contributed by atoms with van der Waals surface area (Å²) >= 11 is 0. The quantitative estimate of drug-likeness (QED) is 0.786. The number of benzene rings is 1. The normalized spacial score (nSPS) is 10.0. The molecular weight excluding hydrogens is 186 g/mol. The lowest BCUT2D eigenvalue weighted by Gasteiger charge is -2.05. The first-order chi connectivity index (χ1) is 7.26. The smallest absolute Gasteiger partial charge is 0.220 e.